The summed E-state index contributed by atoms with van der Waals surface area (Å²) in [6, 6.07) is 6.91. The topological polar surface area (TPSA) is 90.3 Å². The SMILES string of the molecule is CCN(CCC#N)c1ccc(C(=O)O)c(N)c1. The summed E-state index contributed by atoms with van der Waals surface area (Å²) in [6.45, 7) is 3.32. The van der Waals surface area contributed by atoms with Crippen molar-refractivity contribution < 1.29 is 9.90 Å². The molecule has 0 fully saturated rings. The summed E-state index contributed by atoms with van der Waals surface area (Å²) in [6.07, 6.45) is 0.425. The summed E-state index contributed by atoms with van der Waals surface area (Å²) in [5, 5.41) is 17.4. The van der Waals surface area contributed by atoms with Crippen LogP contribution in [0.25, 0.3) is 0 Å². The van der Waals surface area contributed by atoms with E-state index in [1.807, 2.05) is 11.8 Å². The van der Waals surface area contributed by atoms with Gasteiger partial charge in [0.2, 0.25) is 0 Å². The summed E-state index contributed by atoms with van der Waals surface area (Å²) < 4.78 is 0. The first-order valence-corrected chi connectivity index (χ1v) is 5.34. The van der Waals surface area contributed by atoms with Crippen molar-refractivity contribution in [2.75, 3.05) is 23.7 Å². The second kappa shape index (κ2) is 5.75. The number of nitrogen functional groups attached to an aromatic ring is 1. The second-order valence-electron chi connectivity index (χ2n) is 3.56. The van der Waals surface area contributed by atoms with E-state index in [-0.39, 0.29) is 11.3 Å². The first kappa shape index (κ1) is 12.8. The Morgan fingerprint density at radius 1 is 1.59 bits per heavy atom. The lowest BCUT2D eigenvalue weighted by Gasteiger charge is -2.22. The molecule has 5 nitrogen and oxygen atoms in total. The molecule has 0 amide bonds. The number of aromatic carboxylic acids is 1. The van der Waals surface area contributed by atoms with Crippen LogP contribution in [0.4, 0.5) is 11.4 Å². The van der Waals surface area contributed by atoms with E-state index in [9.17, 15) is 4.79 Å². The molecule has 1 aromatic carbocycles. The molecule has 5 heteroatoms. The summed E-state index contributed by atoms with van der Waals surface area (Å²) >= 11 is 0. The number of nitrogens with two attached hydrogens (primary N) is 1. The Morgan fingerprint density at radius 3 is 2.76 bits per heavy atom. The van der Waals surface area contributed by atoms with Crippen LogP contribution < -0.4 is 10.6 Å². The highest BCUT2D eigenvalue weighted by atomic mass is 16.4. The highest BCUT2D eigenvalue weighted by Gasteiger charge is 2.10. The van der Waals surface area contributed by atoms with Crippen molar-refractivity contribution in [3.63, 3.8) is 0 Å². The van der Waals surface area contributed by atoms with Gasteiger partial charge in [-0.05, 0) is 25.1 Å². The molecule has 0 saturated carbocycles. The number of nitriles is 1. The monoisotopic (exact) mass is 233 g/mol. The molecule has 0 aliphatic carbocycles. The van der Waals surface area contributed by atoms with Gasteiger partial charge in [-0.2, -0.15) is 5.26 Å². The zero-order valence-corrected chi connectivity index (χ0v) is 9.68. The van der Waals surface area contributed by atoms with Gasteiger partial charge in [-0.15, -0.1) is 0 Å². The number of carboxylic acid groups (broad SMARTS) is 1. The van der Waals surface area contributed by atoms with Gasteiger partial charge in [0.05, 0.1) is 18.1 Å². The van der Waals surface area contributed by atoms with Crippen molar-refractivity contribution in [3.8, 4) is 6.07 Å². The first-order chi connectivity index (χ1) is 8.10. The number of benzene rings is 1. The third-order valence-corrected chi connectivity index (χ3v) is 2.51. The molecule has 0 aliphatic rings. The number of anilines is 2. The maximum absolute atomic E-state index is 10.8. The quantitative estimate of drug-likeness (QED) is 0.755. The maximum atomic E-state index is 10.8. The molecular formula is C12H15N3O2. The molecule has 0 saturated heterocycles. The van der Waals surface area contributed by atoms with Crippen LogP contribution in [0.1, 0.15) is 23.7 Å². The molecule has 90 valence electrons. The summed E-state index contributed by atoms with van der Waals surface area (Å²) in [7, 11) is 0. The molecule has 17 heavy (non-hydrogen) atoms. The number of carbonyl (C=O) groups is 1. The summed E-state index contributed by atoms with van der Waals surface area (Å²) in [4.78, 5) is 12.8. The van der Waals surface area contributed by atoms with Gasteiger partial charge < -0.3 is 15.7 Å². The molecule has 0 spiro atoms. The average molecular weight is 233 g/mol. The number of rotatable bonds is 5. The van der Waals surface area contributed by atoms with Gasteiger partial charge in [0.1, 0.15) is 0 Å². The Hall–Kier alpha value is -2.22. The minimum Gasteiger partial charge on any atom is -0.478 e. The fourth-order valence-electron chi connectivity index (χ4n) is 1.60. The van der Waals surface area contributed by atoms with E-state index in [2.05, 4.69) is 6.07 Å². The second-order valence-corrected chi connectivity index (χ2v) is 3.56. The van der Waals surface area contributed by atoms with Crippen LogP contribution in [0.5, 0.6) is 0 Å². The normalized spacial score (nSPS) is 9.65. The molecule has 3 N–H and O–H groups in total. The Balaban J connectivity index is 2.95. The van der Waals surface area contributed by atoms with Crippen molar-refractivity contribution >= 4 is 17.3 Å². The molecule has 0 aliphatic heterocycles. The largest absolute Gasteiger partial charge is 0.478 e. The van der Waals surface area contributed by atoms with E-state index in [0.717, 1.165) is 12.2 Å². The van der Waals surface area contributed by atoms with Crippen LogP contribution in [0.2, 0.25) is 0 Å². The zero-order valence-electron chi connectivity index (χ0n) is 9.68. The molecule has 1 rings (SSSR count). The molecule has 0 unspecified atom stereocenters. The van der Waals surface area contributed by atoms with Crippen molar-refractivity contribution in [1.29, 1.82) is 5.26 Å². The number of nitrogens with zero attached hydrogens (tertiary/aromatic N) is 2. The Bertz CT molecular complexity index is 452. The van der Waals surface area contributed by atoms with Crippen LogP contribution in [0, 0.1) is 11.3 Å². The van der Waals surface area contributed by atoms with Crippen molar-refractivity contribution in [3.05, 3.63) is 23.8 Å². The molecule has 0 bridgehead atoms. The fraction of sp³-hybridized carbons (Fsp3) is 0.333. The van der Waals surface area contributed by atoms with Crippen molar-refractivity contribution in [1.82, 2.24) is 0 Å². The van der Waals surface area contributed by atoms with Gasteiger partial charge in [0, 0.05) is 24.5 Å². The molecule has 0 radical (unpaired) electrons. The minimum atomic E-state index is -1.03. The predicted octanol–water partition coefficient (Wildman–Crippen LogP) is 1.71. The zero-order chi connectivity index (χ0) is 12.8. The third-order valence-electron chi connectivity index (χ3n) is 2.51. The average Bonchev–Trinajstić information content (AvgIpc) is 2.29. The molecule has 0 heterocycles. The van der Waals surface area contributed by atoms with Crippen molar-refractivity contribution in [2.24, 2.45) is 0 Å². The number of hydrogen-bond donors (Lipinski definition) is 2. The van der Waals surface area contributed by atoms with Crippen LogP contribution in [-0.2, 0) is 0 Å². The molecular weight excluding hydrogens is 218 g/mol. The van der Waals surface area contributed by atoms with Crippen LogP contribution >= 0.6 is 0 Å². The summed E-state index contributed by atoms with van der Waals surface area (Å²) in [5.74, 6) is -1.03. The molecule has 1 aromatic rings. The lowest BCUT2D eigenvalue weighted by molar-refractivity contribution is 0.0698. The van der Waals surface area contributed by atoms with Gasteiger partial charge in [-0.25, -0.2) is 4.79 Å². The predicted molar refractivity (Wildman–Crippen MR) is 65.9 cm³/mol. The van der Waals surface area contributed by atoms with Crippen LogP contribution in [0.15, 0.2) is 18.2 Å². The van der Waals surface area contributed by atoms with Crippen LogP contribution in [0.3, 0.4) is 0 Å². The van der Waals surface area contributed by atoms with E-state index >= 15 is 0 Å². The third kappa shape index (κ3) is 3.11. The fourth-order valence-corrected chi connectivity index (χ4v) is 1.60. The van der Waals surface area contributed by atoms with Crippen LogP contribution in [-0.4, -0.2) is 24.2 Å². The van der Waals surface area contributed by atoms with Gasteiger partial charge in [0.15, 0.2) is 0 Å². The summed E-state index contributed by atoms with van der Waals surface area (Å²) in [5.41, 5.74) is 6.85. The van der Waals surface area contributed by atoms with Gasteiger partial charge in [0.25, 0.3) is 0 Å². The van der Waals surface area contributed by atoms with Gasteiger partial charge in [-0.1, -0.05) is 0 Å². The maximum Gasteiger partial charge on any atom is 0.337 e. The number of hydrogen-bond acceptors (Lipinski definition) is 4. The molecule has 0 atom stereocenters. The first-order valence-electron chi connectivity index (χ1n) is 5.34. The minimum absolute atomic E-state index is 0.102. The number of carboxylic acids is 1. The van der Waals surface area contributed by atoms with E-state index in [4.69, 9.17) is 16.1 Å². The van der Waals surface area contributed by atoms with Crippen molar-refractivity contribution in [2.45, 2.75) is 13.3 Å². The lowest BCUT2D eigenvalue weighted by Crippen LogP contribution is -2.23. The van der Waals surface area contributed by atoms with E-state index in [0.29, 0.717) is 13.0 Å². The van der Waals surface area contributed by atoms with Gasteiger partial charge in [-0.3, -0.25) is 0 Å². The molecule has 0 aromatic heterocycles. The lowest BCUT2D eigenvalue weighted by atomic mass is 10.1. The van der Waals surface area contributed by atoms with E-state index < -0.39 is 5.97 Å². The van der Waals surface area contributed by atoms with E-state index in [1.54, 1.807) is 12.1 Å². The Labute approximate surface area is 100 Å². The standard InChI is InChI=1S/C12H15N3O2/c1-2-15(7-3-6-13)9-4-5-10(12(16)17)11(14)8-9/h4-5,8H,2-3,7,14H2,1H3,(H,16,17). The Morgan fingerprint density at radius 2 is 2.29 bits per heavy atom. The smallest absolute Gasteiger partial charge is 0.337 e. The highest BCUT2D eigenvalue weighted by Crippen LogP contribution is 2.21. The Kier molecular flexibility index (Phi) is 4.35. The highest BCUT2D eigenvalue weighted by molar-refractivity contribution is 5.94. The van der Waals surface area contributed by atoms with E-state index in [1.165, 1.54) is 6.07 Å². The van der Waals surface area contributed by atoms with Gasteiger partial charge >= 0.3 is 5.97 Å².